The number of carbonyl (C=O) groups is 8. The van der Waals surface area contributed by atoms with Gasteiger partial charge in [-0.3, -0.25) is 38.4 Å². The summed E-state index contributed by atoms with van der Waals surface area (Å²) in [6.45, 7) is 16.2. The summed E-state index contributed by atoms with van der Waals surface area (Å²) in [5.74, 6) is 0.320. The molecule has 4 aliphatic rings. The van der Waals surface area contributed by atoms with Gasteiger partial charge in [0.05, 0.1) is 59.7 Å². The molecule has 0 aliphatic carbocycles. The molecule has 10 aromatic rings. The Morgan fingerprint density at radius 1 is 0.479 bits per heavy atom. The Kier molecular flexibility index (Phi) is 29.0. The molecule has 26 nitrogen and oxygen atoms in total. The first kappa shape index (κ1) is 88.3. The molecule has 2 atom stereocenters. The molecule has 0 saturated heterocycles. The van der Waals surface area contributed by atoms with Crippen molar-refractivity contribution in [1.29, 1.82) is 0 Å². The Morgan fingerprint density at radius 2 is 0.923 bits per heavy atom. The first-order chi connectivity index (χ1) is 55.1. The van der Waals surface area contributed by atoms with Crippen LogP contribution in [0.1, 0.15) is 131 Å². The van der Waals surface area contributed by atoms with Crippen molar-refractivity contribution in [2.45, 2.75) is 84.8 Å². The van der Waals surface area contributed by atoms with E-state index in [0.29, 0.717) is 116 Å². The third-order valence-corrected chi connectivity index (χ3v) is 23.0. The monoisotopic (exact) mass is 1770 g/mol. The second-order valence-corrected chi connectivity index (χ2v) is 33.1. The van der Waals surface area contributed by atoms with Crippen LogP contribution in [0.15, 0.2) is 146 Å². The third-order valence-electron chi connectivity index (χ3n) is 20.8. The predicted molar refractivity (Wildman–Crippen MR) is 453 cm³/mol. The Balaban J connectivity index is 0.000000226. The summed E-state index contributed by atoms with van der Waals surface area (Å²) in [5.41, 5.74) is 9.70. The fourth-order valence-electron chi connectivity index (χ4n) is 15.0. The summed E-state index contributed by atoms with van der Waals surface area (Å²) >= 11 is 2.81. The van der Waals surface area contributed by atoms with Crippen LogP contribution < -0.4 is 76.2 Å². The predicted octanol–water partition coefficient (Wildman–Crippen LogP) is 12.9. The van der Waals surface area contributed by atoms with Gasteiger partial charge >= 0.3 is 0 Å². The minimum atomic E-state index is -0.337. The number of nitrogens with one attached hydrogen (secondary N) is 8. The Labute approximate surface area is 739 Å². The van der Waals surface area contributed by atoms with Gasteiger partial charge in [-0.15, -0.1) is 22.7 Å². The normalized spacial score (nSPS) is 14.6. The van der Waals surface area contributed by atoms with E-state index in [9.17, 15) is 38.4 Å². The number of para-hydroxylation sites is 1. The maximum Gasteiger partial charge on any atom is 0.272 e. The molecule has 0 fully saturated rings. The van der Waals surface area contributed by atoms with E-state index in [-0.39, 0.29) is 162 Å². The summed E-state index contributed by atoms with van der Waals surface area (Å²) in [6, 6.07) is 41.2. The van der Waals surface area contributed by atoms with Gasteiger partial charge < -0.3 is 90.2 Å². The number of benzene rings is 6. The Morgan fingerprint density at radius 3 is 1.40 bits per heavy atom. The fraction of sp³-hybridized carbons (Fsp3) is 0.333. The van der Waals surface area contributed by atoms with Gasteiger partial charge in [-0.25, -0.2) is 13.1 Å². The van der Waals surface area contributed by atoms with Crippen LogP contribution in [0.2, 0.25) is 0 Å². The molecule has 2 radical (unpaired) electrons. The summed E-state index contributed by atoms with van der Waals surface area (Å²) in [4.78, 5) is 115. The number of anilines is 7. The van der Waals surface area contributed by atoms with Crippen molar-refractivity contribution in [3.8, 4) is 23.0 Å². The first-order valence-electron chi connectivity index (χ1n) is 38.3. The second-order valence-electron chi connectivity index (χ2n) is 30.9. The zero-order chi connectivity index (χ0) is 81.6. The van der Waals surface area contributed by atoms with Gasteiger partial charge in [-0.1, -0.05) is 82.2 Å². The molecule has 0 unspecified atom stereocenters. The van der Waals surface area contributed by atoms with E-state index in [1.54, 1.807) is 73.1 Å². The average molecular weight is 1770 g/mol. The standard InChI is InChI=1S/C44H50N7O6S.C43H48N7O6S.2Y/c1-44(2,25-45-3)26-46-42(54)39-18-29-16-30(13-14-38(29)58-39)48-41(53)35-19-31(23-49(35)4)47-40(52)12-9-15-57-37-21-34-33(20-36(37)56-6)43(55)51-22-28-11-8-7-10-27(28)17-32(51)24-50(34)5;1-43(2,24-44-3)25-45-41(53)38-18-27-16-28(13-14-37(27)57-38)47-40(52)34-19-29(22-48(34)4)46-39(51)12-9-15-56-36-21-33-31(20-35(36)55-6)42(54)50-30(23-49(33)5)17-26-10-7-8-11-32(26)50;;/h7-8,10-11,13-14,16,18-21,23-24,32,45H,9,12,15,17,22,25-26H2,1-6H3,(H,46,54)(H,47,52)(H,48,53);7-8,10-11,13-14,16,18-23,30,44H,9,12,15,17,24-25H2,1-6H3,(H,45,53)(H,46,51)(H,47,52);;/q2*-1;;/t32-;30-;;/m00../s1. The van der Waals surface area contributed by atoms with Crippen LogP contribution in [0.4, 0.5) is 39.8 Å². The van der Waals surface area contributed by atoms with Crippen LogP contribution in [0.25, 0.3) is 20.2 Å². The molecule has 608 valence electrons. The van der Waals surface area contributed by atoms with Crippen molar-refractivity contribution < 1.29 is 123 Å². The third kappa shape index (κ3) is 20.8. The quantitative estimate of drug-likeness (QED) is 0.0167. The van der Waals surface area contributed by atoms with E-state index in [2.05, 4.69) is 102 Å². The van der Waals surface area contributed by atoms with Crippen molar-refractivity contribution in [3.05, 3.63) is 208 Å². The molecule has 117 heavy (non-hydrogen) atoms. The molecule has 4 aliphatic heterocycles. The number of carbonyl (C=O) groups excluding carboxylic acids is 8. The summed E-state index contributed by atoms with van der Waals surface area (Å²) in [5, 5.41) is 25.7. The van der Waals surface area contributed by atoms with Gasteiger partial charge in [0.2, 0.25) is 11.8 Å². The fourth-order valence-corrected chi connectivity index (χ4v) is 16.9. The van der Waals surface area contributed by atoms with E-state index in [1.807, 2.05) is 133 Å². The molecular formula is C87H98N14O12S2Y2-2. The summed E-state index contributed by atoms with van der Waals surface area (Å²) < 4.78 is 28.7. The number of aryl methyl sites for hydroxylation is 2. The number of fused-ring (bicyclic) bond motifs is 9. The van der Waals surface area contributed by atoms with Gasteiger partial charge in [-0.05, 0) is 171 Å². The van der Waals surface area contributed by atoms with Gasteiger partial charge in [0.1, 0.15) is 11.4 Å². The van der Waals surface area contributed by atoms with Crippen LogP contribution in [0, 0.1) is 23.9 Å². The molecule has 4 aromatic heterocycles. The van der Waals surface area contributed by atoms with Gasteiger partial charge in [0, 0.05) is 187 Å². The topological polar surface area (TPSA) is 293 Å². The molecule has 8 heterocycles. The maximum atomic E-state index is 13.9. The minimum Gasteiger partial charge on any atom is -0.522 e. The SMILES string of the molecule is CNCC(C)(C)CNC(=O)c1cc2cc(NC(=O)c3cc(NC(=O)CCCOc4cc5c(cc4OC)C(=O)N4Cc6ccccc6C[C@H]4[CH-]N5C)cn3C)ccc2s1.CNCC(C)(C)CNC(=O)c1cc2cc(NC(=O)c3cc(NC(=O)CCCOc4cc5c(cc4OC)C(=O)N4c6ccccc6C[C@H]4[CH-]N5C)cn3C)ccc2s1.[Y].[Y]. The zero-order valence-corrected chi connectivity index (χ0v) is 75.2. The molecule has 0 saturated carbocycles. The number of aromatic nitrogens is 2. The molecular weight excluding hydrogens is 1670 g/mol. The largest absolute Gasteiger partial charge is 0.522 e. The number of nitrogens with zero attached hydrogens (tertiary/aromatic N) is 6. The van der Waals surface area contributed by atoms with Crippen molar-refractivity contribution in [2.75, 3.05) is 118 Å². The summed E-state index contributed by atoms with van der Waals surface area (Å²) in [7, 11) is 14.2. The number of amides is 8. The van der Waals surface area contributed by atoms with Gasteiger partial charge in [0.25, 0.3) is 35.4 Å². The van der Waals surface area contributed by atoms with E-state index < -0.39 is 0 Å². The molecule has 8 N–H and O–H groups in total. The van der Waals surface area contributed by atoms with Crippen molar-refractivity contribution in [3.63, 3.8) is 0 Å². The number of methoxy groups -OCH3 is 2. The molecule has 0 bridgehead atoms. The molecule has 0 spiro atoms. The number of hydrogen-bond acceptors (Lipinski definition) is 18. The van der Waals surface area contributed by atoms with Gasteiger partial charge in [-0.2, -0.15) is 0 Å². The van der Waals surface area contributed by atoms with Crippen molar-refractivity contribution >= 4 is 130 Å². The zero-order valence-electron chi connectivity index (χ0n) is 67.9. The smallest absolute Gasteiger partial charge is 0.272 e. The number of hydrogen-bond donors (Lipinski definition) is 8. The van der Waals surface area contributed by atoms with E-state index in [0.717, 1.165) is 68.6 Å². The van der Waals surface area contributed by atoms with Gasteiger partial charge in [0.15, 0.2) is 23.0 Å². The van der Waals surface area contributed by atoms with Crippen LogP contribution in [0.3, 0.4) is 0 Å². The number of ether oxygens (including phenoxy) is 4. The van der Waals surface area contributed by atoms with E-state index in [1.165, 1.54) is 35.3 Å². The van der Waals surface area contributed by atoms with E-state index >= 15 is 0 Å². The Bertz CT molecular complexity index is 5380. The molecule has 30 heteroatoms. The maximum absolute atomic E-state index is 13.9. The minimum absolute atomic E-state index is 0. The number of likely N-dealkylation sites (N-methyl/N-ethyl adjacent to an activating group) is 2. The van der Waals surface area contributed by atoms with Crippen molar-refractivity contribution in [2.24, 2.45) is 24.9 Å². The van der Waals surface area contributed by atoms with E-state index in [4.69, 9.17) is 18.9 Å². The van der Waals surface area contributed by atoms with Crippen LogP contribution in [-0.4, -0.2) is 155 Å². The summed E-state index contributed by atoms with van der Waals surface area (Å²) in [6.07, 6.45) is 6.07. The van der Waals surface area contributed by atoms with Crippen LogP contribution >= 0.6 is 22.7 Å². The first-order valence-corrected chi connectivity index (χ1v) is 39.9. The average Bonchev–Trinajstić information content (AvgIpc) is 1.30. The number of rotatable bonds is 28. The van der Waals surface area contributed by atoms with Crippen LogP contribution in [0.5, 0.6) is 23.0 Å². The molecule has 6 aromatic carbocycles. The Hall–Kier alpha value is -9.51. The van der Waals surface area contributed by atoms with Crippen LogP contribution in [-0.2, 0) is 108 Å². The molecule has 14 rings (SSSR count). The number of thiophene rings is 2. The van der Waals surface area contributed by atoms with Crippen molar-refractivity contribution in [1.82, 2.24) is 35.3 Å². The molecule has 8 amide bonds. The second kappa shape index (κ2) is 38.5.